The fraction of sp³-hybridized carbons (Fsp3) is 0.133. The van der Waals surface area contributed by atoms with Crippen molar-refractivity contribution in [3.63, 3.8) is 0 Å². The third-order valence-corrected chi connectivity index (χ3v) is 3.36. The summed E-state index contributed by atoms with van der Waals surface area (Å²) < 4.78 is 27.3. The van der Waals surface area contributed by atoms with Crippen molar-refractivity contribution < 1.29 is 13.6 Å². The van der Waals surface area contributed by atoms with Crippen molar-refractivity contribution in [2.24, 2.45) is 0 Å². The predicted octanol–water partition coefficient (Wildman–Crippen LogP) is 4.22. The highest BCUT2D eigenvalue weighted by molar-refractivity contribution is 9.10. The standard InChI is InChI=1S/C15H12BrF2NO/c1-9(13-6-5-12(17)8-14(13)18)19-15(20)10-3-2-4-11(16)7-10/h2-9H,1H3,(H,19,20). The second-order valence-corrected chi connectivity index (χ2v) is 5.29. The quantitative estimate of drug-likeness (QED) is 0.891. The summed E-state index contributed by atoms with van der Waals surface area (Å²) in [6.45, 7) is 1.65. The predicted molar refractivity (Wildman–Crippen MR) is 76.4 cm³/mol. The summed E-state index contributed by atoms with van der Waals surface area (Å²) in [5, 5.41) is 2.68. The van der Waals surface area contributed by atoms with Gasteiger partial charge in [-0.1, -0.05) is 28.1 Å². The number of nitrogens with one attached hydrogen (secondary N) is 1. The number of amides is 1. The van der Waals surface area contributed by atoms with E-state index >= 15 is 0 Å². The molecule has 1 atom stereocenters. The van der Waals surface area contributed by atoms with Crippen molar-refractivity contribution in [2.75, 3.05) is 0 Å². The summed E-state index contributed by atoms with van der Waals surface area (Å²) in [6.07, 6.45) is 0. The highest BCUT2D eigenvalue weighted by Gasteiger charge is 2.15. The van der Waals surface area contributed by atoms with Gasteiger partial charge in [-0.2, -0.15) is 0 Å². The Morgan fingerprint density at radius 2 is 1.95 bits per heavy atom. The zero-order chi connectivity index (χ0) is 14.7. The van der Waals surface area contributed by atoms with Crippen LogP contribution >= 0.6 is 15.9 Å². The molecule has 104 valence electrons. The van der Waals surface area contributed by atoms with Crippen LogP contribution < -0.4 is 5.32 Å². The number of hydrogen-bond donors (Lipinski definition) is 1. The molecule has 2 nitrogen and oxygen atoms in total. The van der Waals surface area contributed by atoms with Crippen LogP contribution in [0.15, 0.2) is 46.9 Å². The molecule has 0 aliphatic carbocycles. The van der Waals surface area contributed by atoms with E-state index in [-0.39, 0.29) is 11.5 Å². The molecule has 2 aromatic carbocycles. The van der Waals surface area contributed by atoms with Crippen molar-refractivity contribution in [3.05, 3.63) is 69.7 Å². The lowest BCUT2D eigenvalue weighted by Crippen LogP contribution is -2.27. The summed E-state index contributed by atoms with van der Waals surface area (Å²) in [7, 11) is 0. The molecule has 0 heterocycles. The lowest BCUT2D eigenvalue weighted by molar-refractivity contribution is 0.0939. The van der Waals surface area contributed by atoms with E-state index in [1.807, 2.05) is 0 Å². The molecule has 0 aliphatic heterocycles. The Balaban J connectivity index is 2.15. The monoisotopic (exact) mass is 339 g/mol. The Hall–Kier alpha value is -1.75. The van der Waals surface area contributed by atoms with E-state index in [4.69, 9.17) is 0 Å². The normalized spacial score (nSPS) is 12.0. The molecule has 2 rings (SSSR count). The highest BCUT2D eigenvalue weighted by Crippen LogP contribution is 2.19. The number of carbonyl (C=O) groups excluding carboxylic acids is 1. The van der Waals surface area contributed by atoms with E-state index in [9.17, 15) is 13.6 Å². The van der Waals surface area contributed by atoms with Gasteiger partial charge in [-0.3, -0.25) is 4.79 Å². The highest BCUT2D eigenvalue weighted by atomic mass is 79.9. The van der Waals surface area contributed by atoms with E-state index in [1.165, 1.54) is 12.1 Å². The van der Waals surface area contributed by atoms with Crippen molar-refractivity contribution in [2.45, 2.75) is 13.0 Å². The van der Waals surface area contributed by atoms with Gasteiger partial charge in [-0.25, -0.2) is 8.78 Å². The number of carbonyl (C=O) groups is 1. The van der Waals surface area contributed by atoms with Crippen LogP contribution in [0.2, 0.25) is 0 Å². The second kappa shape index (κ2) is 6.13. The Bertz CT molecular complexity index is 646. The first-order valence-electron chi connectivity index (χ1n) is 5.99. The van der Waals surface area contributed by atoms with Crippen LogP contribution in [-0.2, 0) is 0 Å². The third kappa shape index (κ3) is 3.42. The van der Waals surface area contributed by atoms with Gasteiger partial charge >= 0.3 is 0 Å². The Morgan fingerprint density at radius 1 is 1.20 bits per heavy atom. The Morgan fingerprint density at radius 3 is 2.60 bits per heavy atom. The molecular weight excluding hydrogens is 328 g/mol. The third-order valence-electron chi connectivity index (χ3n) is 2.86. The summed E-state index contributed by atoms with van der Waals surface area (Å²) in [5.74, 6) is -1.63. The lowest BCUT2D eigenvalue weighted by Gasteiger charge is -2.15. The molecule has 1 N–H and O–H groups in total. The van der Waals surface area contributed by atoms with Gasteiger partial charge in [0.2, 0.25) is 0 Å². The van der Waals surface area contributed by atoms with Gasteiger partial charge in [0.05, 0.1) is 6.04 Å². The van der Waals surface area contributed by atoms with Gasteiger partial charge in [-0.05, 0) is 31.2 Å². The molecular formula is C15H12BrF2NO. The molecule has 1 unspecified atom stereocenters. The maximum atomic E-state index is 13.6. The number of hydrogen-bond acceptors (Lipinski definition) is 1. The van der Waals surface area contributed by atoms with E-state index in [0.717, 1.165) is 10.5 Å². The molecule has 20 heavy (non-hydrogen) atoms. The van der Waals surface area contributed by atoms with Gasteiger partial charge < -0.3 is 5.32 Å². The smallest absolute Gasteiger partial charge is 0.251 e. The summed E-state index contributed by atoms with van der Waals surface area (Å²) >= 11 is 3.28. The lowest BCUT2D eigenvalue weighted by atomic mass is 10.1. The van der Waals surface area contributed by atoms with Crippen LogP contribution in [0.3, 0.4) is 0 Å². The molecule has 0 aliphatic rings. The first-order chi connectivity index (χ1) is 9.47. The molecule has 5 heteroatoms. The summed E-state index contributed by atoms with van der Waals surface area (Å²) in [5.41, 5.74) is 0.712. The molecule has 0 fully saturated rings. The van der Waals surface area contributed by atoms with Crippen molar-refractivity contribution >= 4 is 21.8 Å². The molecule has 1 amide bonds. The van der Waals surface area contributed by atoms with Crippen LogP contribution in [0.5, 0.6) is 0 Å². The largest absolute Gasteiger partial charge is 0.345 e. The minimum atomic E-state index is -0.674. The maximum Gasteiger partial charge on any atom is 0.251 e. The van der Waals surface area contributed by atoms with Crippen LogP contribution in [0, 0.1) is 11.6 Å². The molecule has 0 bridgehead atoms. The average Bonchev–Trinajstić information content (AvgIpc) is 2.38. The molecule has 0 saturated heterocycles. The van der Waals surface area contributed by atoms with Crippen molar-refractivity contribution in [1.82, 2.24) is 5.32 Å². The summed E-state index contributed by atoms with van der Waals surface area (Å²) in [4.78, 5) is 12.0. The SMILES string of the molecule is CC(NC(=O)c1cccc(Br)c1)c1ccc(F)cc1F. The van der Waals surface area contributed by atoms with Gasteiger partial charge in [0.1, 0.15) is 11.6 Å². The molecule has 0 radical (unpaired) electrons. The van der Waals surface area contributed by atoms with Gasteiger partial charge in [-0.15, -0.1) is 0 Å². The Kier molecular flexibility index (Phi) is 4.49. The maximum absolute atomic E-state index is 13.6. The first-order valence-corrected chi connectivity index (χ1v) is 6.78. The van der Waals surface area contributed by atoms with Gasteiger partial charge in [0.25, 0.3) is 5.91 Å². The average molecular weight is 340 g/mol. The Labute approximate surface area is 123 Å². The number of benzene rings is 2. The topological polar surface area (TPSA) is 29.1 Å². The fourth-order valence-corrected chi connectivity index (χ4v) is 2.24. The second-order valence-electron chi connectivity index (χ2n) is 4.37. The van der Waals surface area contributed by atoms with E-state index in [0.29, 0.717) is 5.56 Å². The van der Waals surface area contributed by atoms with E-state index in [1.54, 1.807) is 31.2 Å². The molecule has 2 aromatic rings. The zero-order valence-electron chi connectivity index (χ0n) is 10.7. The molecule has 0 aromatic heterocycles. The fourth-order valence-electron chi connectivity index (χ4n) is 1.84. The van der Waals surface area contributed by atoms with Gasteiger partial charge in [0.15, 0.2) is 0 Å². The summed E-state index contributed by atoms with van der Waals surface area (Å²) in [6, 6.07) is 9.62. The van der Waals surface area contributed by atoms with Gasteiger partial charge in [0, 0.05) is 21.7 Å². The molecule has 0 saturated carbocycles. The minimum absolute atomic E-state index is 0.245. The van der Waals surface area contributed by atoms with E-state index < -0.39 is 17.7 Å². The number of rotatable bonds is 3. The van der Waals surface area contributed by atoms with Crippen LogP contribution in [-0.4, -0.2) is 5.91 Å². The minimum Gasteiger partial charge on any atom is -0.345 e. The zero-order valence-corrected chi connectivity index (χ0v) is 12.2. The van der Waals surface area contributed by atoms with Crippen molar-refractivity contribution in [1.29, 1.82) is 0 Å². The first kappa shape index (κ1) is 14.7. The van der Waals surface area contributed by atoms with E-state index in [2.05, 4.69) is 21.2 Å². The molecule has 0 spiro atoms. The van der Waals surface area contributed by atoms with Crippen molar-refractivity contribution in [3.8, 4) is 0 Å². The number of halogens is 3. The van der Waals surface area contributed by atoms with Crippen LogP contribution in [0.25, 0.3) is 0 Å². The van der Waals surface area contributed by atoms with Crippen LogP contribution in [0.4, 0.5) is 8.78 Å². The van der Waals surface area contributed by atoms with Crippen LogP contribution in [0.1, 0.15) is 28.9 Å².